The second kappa shape index (κ2) is 6.66. The van der Waals surface area contributed by atoms with Crippen LogP contribution in [0.2, 0.25) is 0 Å². The monoisotopic (exact) mass is 275 g/mol. The van der Waals surface area contributed by atoms with Gasteiger partial charge in [0.15, 0.2) is 0 Å². The Morgan fingerprint density at radius 2 is 2.21 bits per heavy atom. The molecule has 0 radical (unpaired) electrons. The number of hydrogen-bond donors (Lipinski definition) is 1. The van der Waals surface area contributed by atoms with Crippen molar-refractivity contribution >= 4 is 17.4 Å². The van der Waals surface area contributed by atoms with Crippen molar-refractivity contribution in [1.82, 2.24) is 9.78 Å². The predicted octanol–water partition coefficient (Wildman–Crippen LogP) is 4.19. The normalized spacial score (nSPS) is 12.4. The Kier molecular flexibility index (Phi) is 4.91. The second-order valence-corrected chi connectivity index (χ2v) is 5.51. The van der Waals surface area contributed by atoms with Gasteiger partial charge in [-0.25, -0.2) is 0 Å². The van der Waals surface area contributed by atoms with Gasteiger partial charge in [0.05, 0.1) is 12.2 Å². The Bertz CT molecular complexity index is 522. The smallest absolute Gasteiger partial charge is 0.0815 e. The van der Waals surface area contributed by atoms with Crippen LogP contribution in [-0.2, 0) is 6.54 Å². The summed E-state index contributed by atoms with van der Waals surface area (Å²) in [5.41, 5.74) is 2.22. The topological polar surface area (TPSA) is 29.9 Å². The number of thioether (sulfide) groups is 1. The molecule has 2 rings (SSSR count). The minimum absolute atomic E-state index is 0.466. The summed E-state index contributed by atoms with van der Waals surface area (Å²) >= 11 is 1.76. The summed E-state index contributed by atoms with van der Waals surface area (Å²) in [6.07, 6.45) is 5.25. The molecule has 1 aromatic carbocycles. The Balaban J connectivity index is 1.96. The molecule has 0 saturated carbocycles. The Morgan fingerprint density at radius 1 is 1.37 bits per heavy atom. The summed E-state index contributed by atoms with van der Waals surface area (Å²) in [5, 5.41) is 8.00. The molecule has 2 aromatic rings. The number of hydrogen-bond acceptors (Lipinski definition) is 3. The minimum Gasteiger partial charge on any atom is -0.379 e. The van der Waals surface area contributed by atoms with Crippen LogP contribution in [0.15, 0.2) is 41.4 Å². The standard InChI is InChI=1S/C15H21N3S/c1-4-12(2)18-9-8-14(17-18)11-16-13-6-5-7-15(10-13)19-3/h5-10,12,16H,4,11H2,1-3H3. The Morgan fingerprint density at radius 3 is 2.95 bits per heavy atom. The molecule has 1 N–H and O–H groups in total. The van der Waals surface area contributed by atoms with E-state index in [1.807, 2.05) is 4.68 Å². The highest BCUT2D eigenvalue weighted by molar-refractivity contribution is 7.98. The van der Waals surface area contributed by atoms with Crippen molar-refractivity contribution in [3.63, 3.8) is 0 Å². The van der Waals surface area contributed by atoms with Crippen molar-refractivity contribution in [3.05, 3.63) is 42.2 Å². The van der Waals surface area contributed by atoms with Gasteiger partial charge in [-0.15, -0.1) is 11.8 Å². The van der Waals surface area contributed by atoms with E-state index in [-0.39, 0.29) is 0 Å². The molecule has 102 valence electrons. The average Bonchev–Trinajstić information content (AvgIpc) is 2.93. The number of rotatable bonds is 6. The van der Waals surface area contributed by atoms with Gasteiger partial charge < -0.3 is 5.32 Å². The molecule has 1 aromatic heterocycles. The fraction of sp³-hybridized carbons (Fsp3) is 0.400. The molecule has 0 bridgehead atoms. The zero-order valence-corrected chi connectivity index (χ0v) is 12.6. The van der Waals surface area contributed by atoms with Crippen molar-refractivity contribution in [2.75, 3.05) is 11.6 Å². The number of nitrogens with one attached hydrogen (secondary N) is 1. The van der Waals surface area contributed by atoms with E-state index >= 15 is 0 Å². The van der Waals surface area contributed by atoms with Gasteiger partial charge in [-0.3, -0.25) is 4.68 Å². The van der Waals surface area contributed by atoms with Gasteiger partial charge in [0.25, 0.3) is 0 Å². The Hall–Kier alpha value is -1.42. The highest BCUT2D eigenvalue weighted by Gasteiger charge is 2.04. The van der Waals surface area contributed by atoms with Gasteiger partial charge in [0.2, 0.25) is 0 Å². The summed E-state index contributed by atoms with van der Waals surface area (Å²) in [5.74, 6) is 0. The van der Waals surface area contributed by atoms with Crippen LogP contribution in [0.3, 0.4) is 0 Å². The lowest BCUT2D eigenvalue weighted by atomic mass is 10.3. The first-order valence-electron chi connectivity index (χ1n) is 6.65. The van der Waals surface area contributed by atoms with E-state index in [9.17, 15) is 0 Å². The lowest BCUT2D eigenvalue weighted by Gasteiger charge is -2.09. The number of anilines is 1. The van der Waals surface area contributed by atoms with Crippen LogP contribution in [0.1, 0.15) is 32.0 Å². The fourth-order valence-electron chi connectivity index (χ4n) is 1.83. The maximum absolute atomic E-state index is 4.59. The Labute approximate surface area is 119 Å². The third-order valence-corrected chi connectivity index (χ3v) is 3.97. The zero-order valence-electron chi connectivity index (χ0n) is 11.8. The van der Waals surface area contributed by atoms with Crippen molar-refractivity contribution in [1.29, 1.82) is 0 Å². The van der Waals surface area contributed by atoms with Gasteiger partial charge >= 0.3 is 0 Å². The number of nitrogens with zero attached hydrogens (tertiary/aromatic N) is 2. The molecule has 0 amide bonds. The maximum atomic E-state index is 4.59. The predicted molar refractivity (Wildman–Crippen MR) is 82.8 cm³/mol. The first-order chi connectivity index (χ1) is 9.22. The molecule has 0 aliphatic rings. The molecule has 0 aliphatic carbocycles. The van der Waals surface area contributed by atoms with Crippen LogP contribution in [0.4, 0.5) is 5.69 Å². The third kappa shape index (κ3) is 3.77. The molecule has 0 fully saturated rings. The summed E-state index contributed by atoms with van der Waals surface area (Å²) in [6.45, 7) is 5.13. The quantitative estimate of drug-likeness (QED) is 0.802. The second-order valence-electron chi connectivity index (χ2n) is 4.63. The van der Waals surface area contributed by atoms with Crippen molar-refractivity contribution < 1.29 is 0 Å². The zero-order chi connectivity index (χ0) is 13.7. The summed E-state index contributed by atoms with van der Waals surface area (Å²) in [7, 11) is 0. The largest absolute Gasteiger partial charge is 0.379 e. The average molecular weight is 275 g/mol. The van der Waals surface area contributed by atoms with Gasteiger partial charge in [-0.2, -0.15) is 5.10 Å². The summed E-state index contributed by atoms with van der Waals surface area (Å²) in [4.78, 5) is 1.27. The number of aromatic nitrogens is 2. The highest BCUT2D eigenvalue weighted by Crippen LogP contribution is 2.19. The first kappa shape index (κ1) is 14.0. The molecule has 4 heteroatoms. The van der Waals surface area contributed by atoms with E-state index in [0.29, 0.717) is 6.04 Å². The van der Waals surface area contributed by atoms with E-state index < -0.39 is 0 Å². The van der Waals surface area contributed by atoms with Crippen LogP contribution in [0.5, 0.6) is 0 Å². The lowest BCUT2D eigenvalue weighted by Crippen LogP contribution is -2.06. The molecule has 1 unspecified atom stereocenters. The molecular formula is C15H21N3S. The van der Waals surface area contributed by atoms with E-state index in [1.54, 1.807) is 11.8 Å². The first-order valence-corrected chi connectivity index (χ1v) is 7.87. The SMILES string of the molecule is CCC(C)n1ccc(CNc2cccc(SC)c2)n1. The van der Waals surface area contributed by atoms with Gasteiger partial charge in [-0.05, 0) is 43.9 Å². The van der Waals surface area contributed by atoms with Crippen molar-refractivity contribution in [2.45, 2.75) is 37.8 Å². The van der Waals surface area contributed by atoms with E-state index in [4.69, 9.17) is 0 Å². The van der Waals surface area contributed by atoms with Gasteiger partial charge in [0.1, 0.15) is 0 Å². The molecule has 19 heavy (non-hydrogen) atoms. The van der Waals surface area contributed by atoms with Crippen LogP contribution >= 0.6 is 11.8 Å². The van der Waals surface area contributed by atoms with Crippen molar-refractivity contribution in [2.24, 2.45) is 0 Å². The molecule has 3 nitrogen and oxygen atoms in total. The van der Waals surface area contributed by atoms with E-state index in [0.717, 1.165) is 24.3 Å². The molecule has 0 aliphatic heterocycles. The third-order valence-electron chi connectivity index (χ3n) is 3.25. The molecule has 1 heterocycles. The molecule has 1 atom stereocenters. The van der Waals surface area contributed by atoms with Gasteiger partial charge in [-0.1, -0.05) is 13.0 Å². The maximum Gasteiger partial charge on any atom is 0.0815 e. The fourth-order valence-corrected chi connectivity index (χ4v) is 2.29. The van der Waals surface area contributed by atoms with Crippen LogP contribution in [0, 0.1) is 0 Å². The summed E-state index contributed by atoms with van der Waals surface area (Å²) < 4.78 is 2.04. The molecule has 0 spiro atoms. The van der Waals surface area contributed by atoms with E-state index in [2.05, 4.69) is 67.0 Å². The summed E-state index contributed by atoms with van der Waals surface area (Å²) in [6, 6.07) is 11.0. The lowest BCUT2D eigenvalue weighted by molar-refractivity contribution is 0.474. The van der Waals surface area contributed by atoms with Crippen LogP contribution < -0.4 is 5.32 Å². The van der Waals surface area contributed by atoms with Crippen LogP contribution in [-0.4, -0.2) is 16.0 Å². The number of benzene rings is 1. The molecule has 0 saturated heterocycles. The highest BCUT2D eigenvalue weighted by atomic mass is 32.2. The van der Waals surface area contributed by atoms with Crippen LogP contribution in [0.25, 0.3) is 0 Å². The molecular weight excluding hydrogens is 254 g/mol. The van der Waals surface area contributed by atoms with Gasteiger partial charge in [0, 0.05) is 22.8 Å². The van der Waals surface area contributed by atoms with Crippen molar-refractivity contribution in [3.8, 4) is 0 Å². The van der Waals surface area contributed by atoms with E-state index in [1.165, 1.54) is 4.90 Å². The minimum atomic E-state index is 0.466.